The van der Waals surface area contributed by atoms with Gasteiger partial charge in [-0.3, -0.25) is 9.69 Å². The number of thiocarbonyl (C=S) groups is 1. The van der Waals surface area contributed by atoms with Crippen molar-refractivity contribution in [3.8, 4) is 0 Å². The van der Waals surface area contributed by atoms with Crippen molar-refractivity contribution in [2.45, 2.75) is 13.3 Å². The number of carbonyl (C=O) groups excluding carboxylic acids is 1. The second-order valence-corrected chi connectivity index (χ2v) is 6.10. The number of benzene rings is 1. The molecule has 1 aliphatic heterocycles. The van der Waals surface area contributed by atoms with E-state index in [4.69, 9.17) is 17.0 Å². The van der Waals surface area contributed by atoms with Gasteiger partial charge >= 0.3 is 0 Å². The van der Waals surface area contributed by atoms with Gasteiger partial charge in [-0.05, 0) is 23.6 Å². The molecular weight excluding hydrogens is 290 g/mol. The Morgan fingerprint density at radius 1 is 1.35 bits per heavy atom. The van der Waals surface area contributed by atoms with Gasteiger partial charge in [0.15, 0.2) is 0 Å². The minimum Gasteiger partial charge on any atom is -0.383 e. The smallest absolute Gasteiger partial charge is 0.266 e. The molecule has 1 saturated heterocycles. The minimum absolute atomic E-state index is 0.0309. The van der Waals surface area contributed by atoms with Crippen molar-refractivity contribution in [2.75, 3.05) is 20.3 Å². The lowest BCUT2D eigenvalue weighted by atomic mass is 10.1. The largest absolute Gasteiger partial charge is 0.383 e. The molecule has 2 rings (SSSR count). The predicted molar refractivity (Wildman–Crippen MR) is 87.6 cm³/mol. The summed E-state index contributed by atoms with van der Waals surface area (Å²) in [7, 11) is 1.61. The summed E-state index contributed by atoms with van der Waals surface area (Å²) in [6, 6.07) is 8.22. The fraction of sp³-hybridized carbons (Fsp3) is 0.333. The van der Waals surface area contributed by atoms with Gasteiger partial charge in [0.1, 0.15) is 4.32 Å². The Balaban J connectivity index is 2.14. The van der Waals surface area contributed by atoms with Gasteiger partial charge in [-0.2, -0.15) is 0 Å². The first-order valence-electron chi connectivity index (χ1n) is 6.49. The third kappa shape index (κ3) is 3.48. The summed E-state index contributed by atoms with van der Waals surface area (Å²) in [5, 5.41) is 0. The van der Waals surface area contributed by atoms with Crippen LogP contribution in [-0.4, -0.2) is 35.4 Å². The lowest BCUT2D eigenvalue weighted by Crippen LogP contribution is -2.31. The van der Waals surface area contributed by atoms with Crippen molar-refractivity contribution in [1.82, 2.24) is 4.90 Å². The van der Waals surface area contributed by atoms with Crippen molar-refractivity contribution in [2.24, 2.45) is 0 Å². The molecule has 0 bridgehead atoms. The number of rotatable bonds is 5. The molecule has 1 aromatic rings. The second-order valence-electron chi connectivity index (χ2n) is 4.42. The van der Waals surface area contributed by atoms with Gasteiger partial charge in [0.2, 0.25) is 0 Å². The minimum atomic E-state index is -0.0309. The molecule has 1 fully saturated rings. The maximum atomic E-state index is 12.2. The SMILES string of the molecule is CCc1ccc(/C=C2\SC(=S)N(CCOC)C2=O)cc1. The summed E-state index contributed by atoms with van der Waals surface area (Å²) in [6.07, 6.45) is 2.91. The van der Waals surface area contributed by atoms with E-state index in [2.05, 4.69) is 19.1 Å². The molecular formula is C15H17NO2S2. The number of thioether (sulfide) groups is 1. The van der Waals surface area contributed by atoms with Gasteiger partial charge in [-0.15, -0.1) is 0 Å². The van der Waals surface area contributed by atoms with Crippen LogP contribution in [0.4, 0.5) is 0 Å². The highest BCUT2D eigenvalue weighted by Gasteiger charge is 2.31. The lowest BCUT2D eigenvalue weighted by Gasteiger charge is -2.12. The van der Waals surface area contributed by atoms with E-state index in [1.807, 2.05) is 18.2 Å². The van der Waals surface area contributed by atoms with Crippen molar-refractivity contribution in [3.63, 3.8) is 0 Å². The molecule has 0 unspecified atom stereocenters. The number of hydrogen-bond acceptors (Lipinski definition) is 4. The molecule has 1 amide bonds. The summed E-state index contributed by atoms with van der Waals surface area (Å²) in [4.78, 5) is 14.5. The monoisotopic (exact) mass is 307 g/mol. The van der Waals surface area contributed by atoms with Crippen LogP contribution in [0.25, 0.3) is 6.08 Å². The van der Waals surface area contributed by atoms with Gasteiger partial charge in [0.25, 0.3) is 5.91 Å². The number of hydrogen-bond donors (Lipinski definition) is 0. The van der Waals surface area contributed by atoms with E-state index in [-0.39, 0.29) is 5.91 Å². The quantitative estimate of drug-likeness (QED) is 0.617. The topological polar surface area (TPSA) is 29.5 Å². The van der Waals surface area contributed by atoms with E-state index < -0.39 is 0 Å². The molecule has 1 aliphatic rings. The first-order valence-corrected chi connectivity index (χ1v) is 7.71. The summed E-state index contributed by atoms with van der Waals surface area (Å²) in [6.45, 7) is 3.12. The predicted octanol–water partition coefficient (Wildman–Crippen LogP) is 3.10. The summed E-state index contributed by atoms with van der Waals surface area (Å²) < 4.78 is 5.60. The maximum absolute atomic E-state index is 12.2. The van der Waals surface area contributed by atoms with Crippen LogP contribution >= 0.6 is 24.0 Å². The number of carbonyl (C=O) groups is 1. The third-order valence-corrected chi connectivity index (χ3v) is 4.46. The molecule has 0 saturated carbocycles. The first-order chi connectivity index (χ1) is 9.65. The fourth-order valence-corrected chi connectivity index (χ4v) is 3.18. The zero-order chi connectivity index (χ0) is 14.5. The molecule has 3 nitrogen and oxygen atoms in total. The van der Waals surface area contributed by atoms with E-state index in [1.54, 1.807) is 12.0 Å². The van der Waals surface area contributed by atoms with Crippen LogP contribution in [0.5, 0.6) is 0 Å². The summed E-state index contributed by atoms with van der Waals surface area (Å²) in [5.41, 5.74) is 2.31. The van der Waals surface area contributed by atoms with E-state index in [9.17, 15) is 4.79 Å². The van der Waals surface area contributed by atoms with E-state index in [1.165, 1.54) is 17.3 Å². The molecule has 0 atom stereocenters. The van der Waals surface area contributed by atoms with Crippen LogP contribution in [-0.2, 0) is 16.0 Å². The zero-order valence-corrected chi connectivity index (χ0v) is 13.2. The van der Waals surface area contributed by atoms with Crippen LogP contribution in [0.2, 0.25) is 0 Å². The number of aryl methyl sites for hydroxylation is 1. The van der Waals surface area contributed by atoms with E-state index in [0.717, 1.165) is 12.0 Å². The molecule has 0 aromatic heterocycles. The molecule has 0 aliphatic carbocycles. The van der Waals surface area contributed by atoms with Crippen molar-refractivity contribution < 1.29 is 9.53 Å². The van der Waals surface area contributed by atoms with Crippen LogP contribution in [0.15, 0.2) is 29.2 Å². The van der Waals surface area contributed by atoms with Crippen LogP contribution in [0.1, 0.15) is 18.1 Å². The number of nitrogens with zero attached hydrogens (tertiary/aromatic N) is 1. The molecule has 0 radical (unpaired) electrons. The molecule has 20 heavy (non-hydrogen) atoms. The van der Waals surface area contributed by atoms with Gasteiger partial charge in [0, 0.05) is 7.11 Å². The standard InChI is InChI=1S/C15H17NO2S2/c1-3-11-4-6-12(7-5-11)10-13-14(17)16(8-9-18-2)15(19)20-13/h4-7,10H,3,8-9H2,1-2H3/b13-10-. The summed E-state index contributed by atoms with van der Waals surface area (Å²) in [5.74, 6) is -0.0309. The molecule has 106 valence electrons. The second kappa shape index (κ2) is 7.02. The zero-order valence-electron chi connectivity index (χ0n) is 11.6. The van der Waals surface area contributed by atoms with Crippen LogP contribution in [0, 0.1) is 0 Å². The van der Waals surface area contributed by atoms with Crippen molar-refractivity contribution in [3.05, 3.63) is 40.3 Å². The Kier molecular flexibility index (Phi) is 5.34. The normalized spacial score (nSPS) is 17.3. The average molecular weight is 307 g/mol. The summed E-state index contributed by atoms with van der Waals surface area (Å²) >= 11 is 6.59. The molecule has 1 heterocycles. The van der Waals surface area contributed by atoms with Crippen LogP contribution < -0.4 is 0 Å². The third-order valence-electron chi connectivity index (χ3n) is 3.08. The van der Waals surface area contributed by atoms with E-state index in [0.29, 0.717) is 22.4 Å². The fourth-order valence-electron chi connectivity index (χ4n) is 1.88. The maximum Gasteiger partial charge on any atom is 0.266 e. The van der Waals surface area contributed by atoms with Gasteiger partial charge in [-0.1, -0.05) is 55.2 Å². The van der Waals surface area contributed by atoms with Gasteiger partial charge in [-0.25, -0.2) is 0 Å². The Bertz CT molecular complexity index is 537. The van der Waals surface area contributed by atoms with E-state index >= 15 is 0 Å². The Labute approximate surface area is 129 Å². The molecule has 0 N–H and O–H groups in total. The average Bonchev–Trinajstić information content (AvgIpc) is 2.72. The Hall–Kier alpha value is -1.17. The number of methoxy groups -OCH3 is 1. The lowest BCUT2D eigenvalue weighted by molar-refractivity contribution is -0.122. The Morgan fingerprint density at radius 3 is 2.65 bits per heavy atom. The van der Waals surface area contributed by atoms with Gasteiger partial charge < -0.3 is 4.74 Å². The van der Waals surface area contributed by atoms with Crippen molar-refractivity contribution >= 4 is 40.3 Å². The van der Waals surface area contributed by atoms with Gasteiger partial charge in [0.05, 0.1) is 18.1 Å². The van der Waals surface area contributed by atoms with Crippen molar-refractivity contribution in [1.29, 1.82) is 0 Å². The first kappa shape index (κ1) is 15.2. The van der Waals surface area contributed by atoms with Crippen LogP contribution in [0.3, 0.4) is 0 Å². The molecule has 1 aromatic carbocycles. The Morgan fingerprint density at radius 2 is 2.05 bits per heavy atom. The molecule has 0 spiro atoms. The highest BCUT2D eigenvalue weighted by Crippen LogP contribution is 2.32. The number of amides is 1. The highest BCUT2D eigenvalue weighted by molar-refractivity contribution is 8.26. The highest BCUT2D eigenvalue weighted by atomic mass is 32.2. The number of ether oxygens (including phenoxy) is 1. The molecule has 5 heteroatoms.